The number of H-pyrrole nitrogens is 1. The van der Waals surface area contributed by atoms with E-state index in [9.17, 15) is 0 Å². The number of thioether (sulfide) groups is 3. The highest BCUT2D eigenvalue weighted by Crippen LogP contribution is 2.44. The van der Waals surface area contributed by atoms with E-state index >= 15 is 0 Å². The lowest BCUT2D eigenvalue weighted by Gasteiger charge is -2.23. The number of aromatic nitrogens is 1. The summed E-state index contributed by atoms with van der Waals surface area (Å²) in [4.78, 5) is 7.87. The van der Waals surface area contributed by atoms with Gasteiger partial charge in [0.25, 0.3) is 0 Å². The van der Waals surface area contributed by atoms with Crippen LogP contribution in [0, 0.1) is 0 Å². The van der Waals surface area contributed by atoms with Gasteiger partial charge < -0.3 is 10.3 Å². The number of nitrogens with zero attached hydrogens (tertiary/aromatic N) is 1. The number of fused-ring (bicyclic) bond motifs is 4. The van der Waals surface area contributed by atoms with Crippen molar-refractivity contribution in [3.8, 4) is 0 Å². The third-order valence-corrected chi connectivity index (χ3v) is 9.01. The zero-order valence-corrected chi connectivity index (χ0v) is 20.3. The number of aliphatic imine (C=N–C) groups is 1. The van der Waals surface area contributed by atoms with E-state index in [1.165, 1.54) is 32.1 Å². The Hall–Kier alpha value is -1.41. The fourth-order valence-corrected chi connectivity index (χ4v) is 6.04. The molecule has 0 saturated carbocycles. The third kappa shape index (κ3) is 4.90. The monoisotopic (exact) mass is 471 g/mol. The van der Waals surface area contributed by atoms with Gasteiger partial charge in [0.15, 0.2) is 0 Å². The molecule has 0 bridgehead atoms. The Bertz CT molecular complexity index is 1060. The van der Waals surface area contributed by atoms with E-state index in [-0.39, 0.29) is 0 Å². The van der Waals surface area contributed by atoms with E-state index in [0.29, 0.717) is 11.3 Å². The van der Waals surface area contributed by atoms with E-state index in [2.05, 4.69) is 76.3 Å². The number of nitrogens with one attached hydrogen (secondary N) is 2. The molecule has 1 aromatic heterocycles. The highest BCUT2D eigenvalue weighted by Gasteiger charge is 2.35. The molecule has 2 aromatic carbocycles. The summed E-state index contributed by atoms with van der Waals surface area (Å²) in [6, 6.07) is 17.0. The number of aryl methyl sites for hydroxylation is 1. The Balaban J connectivity index is 0.000000145. The lowest BCUT2D eigenvalue weighted by Crippen LogP contribution is -2.24. The second-order valence-corrected chi connectivity index (χ2v) is 11.0. The van der Waals surface area contributed by atoms with Crippen molar-refractivity contribution < 1.29 is 0 Å². The molecule has 2 N–H and O–H groups in total. The fraction of sp³-hybridized carbons (Fsp3) is 0.304. The molecule has 0 spiro atoms. The van der Waals surface area contributed by atoms with Crippen molar-refractivity contribution in [2.75, 3.05) is 24.4 Å². The van der Waals surface area contributed by atoms with Gasteiger partial charge >= 0.3 is 0 Å². The molecule has 0 aliphatic carbocycles. The zero-order valence-electron chi connectivity index (χ0n) is 17.1. The van der Waals surface area contributed by atoms with Crippen LogP contribution in [0.1, 0.15) is 23.5 Å². The Morgan fingerprint density at radius 1 is 1.17 bits per heavy atom. The molecule has 156 valence electrons. The molecule has 0 fully saturated rings. The third-order valence-electron chi connectivity index (χ3n) is 5.34. The van der Waals surface area contributed by atoms with Gasteiger partial charge in [-0.05, 0) is 48.6 Å². The maximum Gasteiger partial charge on any atom is 0.126 e. The molecular formula is C23H25N3S4. The molecule has 3 heterocycles. The summed E-state index contributed by atoms with van der Waals surface area (Å²) in [6.07, 6.45) is 8.24. The average Bonchev–Trinajstić information content (AvgIpc) is 3.38. The van der Waals surface area contributed by atoms with Crippen LogP contribution in [0.2, 0.25) is 0 Å². The van der Waals surface area contributed by atoms with E-state index in [1.807, 2.05) is 18.0 Å². The van der Waals surface area contributed by atoms with Gasteiger partial charge in [0, 0.05) is 32.9 Å². The summed E-state index contributed by atoms with van der Waals surface area (Å²) in [7, 11) is 0. The molecule has 2 unspecified atom stereocenters. The molecule has 3 aromatic rings. The predicted octanol–water partition coefficient (Wildman–Crippen LogP) is 6.78. The van der Waals surface area contributed by atoms with Crippen LogP contribution in [0.5, 0.6) is 0 Å². The van der Waals surface area contributed by atoms with Crippen LogP contribution >= 0.6 is 47.5 Å². The van der Waals surface area contributed by atoms with Crippen molar-refractivity contribution in [3.05, 3.63) is 65.9 Å². The molecule has 0 saturated heterocycles. The largest absolute Gasteiger partial charge is 0.372 e. The Morgan fingerprint density at radius 3 is 2.80 bits per heavy atom. The van der Waals surface area contributed by atoms with Crippen LogP contribution in [-0.4, -0.2) is 38.0 Å². The topological polar surface area (TPSA) is 40.2 Å². The molecule has 3 nitrogen and oxygen atoms in total. The highest BCUT2D eigenvalue weighted by atomic mass is 32.2. The van der Waals surface area contributed by atoms with Crippen LogP contribution in [-0.2, 0) is 6.42 Å². The minimum atomic E-state index is 0.488. The molecule has 2 aliphatic heterocycles. The van der Waals surface area contributed by atoms with Gasteiger partial charge in [0.1, 0.15) is 4.38 Å². The van der Waals surface area contributed by atoms with Gasteiger partial charge in [-0.3, -0.25) is 4.99 Å². The number of hydrogen-bond acceptors (Lipinski definition) is 6. The van der Waals surface area contributed by atoms with E-state index in [0.717, 1.165) is 23.6 Å². The number of thiocarbonyl (C=S) groups is 1. The molecule has 2 atom stereocenters. The fourth-order valence-electron chi connectivity index (χ4n) is 3.78. The van der Waals surface area contributed by atoms with Crippen LogP contribution in [0.3, 0.4) is 0 Å². The number of anilines is 1. The van der Waals surface area contributed by atoms with Gasteiger partial charge in [-0.15, -0.1) is 23.5 Å². The minimum absolute atomic E-state index is 0.488. The smallest absolute Gasteiger partial charge is 0.126 e. The number of hydrogen-bond donors (Lipinski definition) is 2. The first kappa shape index (κ1) is 21.8. The van der Waals surface area contributed by atoms with Crippen LogP contribution in [0.15, 0.2) is 59.7 Å². The van der Waals surface area contributed by atoms with Gasteiger partial charge in [0.2, 0.25) is 0 Å². The Morgan fingerprint density at radius 2 is 1.97 bits per heavy atom. The first-order chi connectivity index (χ1) is 14.7. The van der Waals surface area contributed by atoms with Gasteiger partial charge in [-0.1, -0.05) is 60.4 Å². The standard InChI is InChI=1S/C12H13NS2.C11H12N2S2/c1-15-12(14)7-6-9-8-13-11-5-3-2-4-10(9)11;1-14-11-12-6-8-7-4-2-3-5-9(7)13-10(8)15-11/h2-5,8,13H,6-7H2,1H3;2-5,8,10,13H,6H2,1H3. The van der Waals surface area contributed by atoms with Gasteiger partial charge in [-0.2, -0.15) is 0 Å². The Labute approximate surface area is 196 Å². The lowest BCUT2D eigenvalue weighted by molar-refractivity contribution is 0.732. The number of aromatic amines is 1. The molecule has 2 aliphatic rings. The van der Waals surface area contributed by atoms with Gasteiger partial charge in [0.05, 0.1) is 11.9 Å². The maximum atomic E-state index is 5.20. The van der Waals surface area contributed by atoms with Gasteiger partial charge in [-0.25, -0.2) is 0 Å². The van der Waals surface area contributed by atoms with Crippen molar-refractivity contribution in [2.45, 2.75) is 24.1 Å². The normalized spacial score (nSPS) is 19.2. The summed E-state index contributed by atoms with van der Waals surface area (Å²) < 4.78 is 2.29. The van der Waals surface area contributed by atoms with Crippen LogP contribution in [0.4, 0.5) is 5.69 Å². The molecular weight excluding hydrogens is 447 g/mol. The van der Waals surface area contributed by atoms with Crippen molar-refractivity contribution in [1.82, 2.24) is 4.98 Å². The average molecular weight is 472 g/mol. The first-order valence-electron chi connectivity index (χ1n) is 9.92. The summed E-state index contributed by atoms with van der Waals surface area (Å²) in [6.45, 7) is 0.928. The van der Waals surface area contributed by atoms with Crippen LogP contribution in [0.25, 0.3) is 10.9 Å². The molecule has 5 rings (SSSR count). The number of rotatable bonds is 3. The van der Waals surface area contributed by atoms with E-state index in [4.69, 9.17) is 12.2 Å². The molecule has 7 heteroatoms. The molecule has 0 amide bonds. The van der Waals surface area contributed by atoms with E-state index in [1.54, 1.807) is 23.5 Å². The Kier molecular flexibility index (Phi) is 7.46. The quantitative estimate of drug-likeness (QED) is 0.412. The summed E-state index contributed by atoms with van der Waals surface area (Å²) in [5.74, 6) is 0.557. The molecule has 30 heavy (non-hydrogen) atoms. The summed E-state index contributed by atoms with van der Waals surface area (Å²) in [5.41, 5.74) is 5.29. The number of para-hydroxylation sites is 2. The van der Waals surface area contributed by atoms with E-state index < -0.39 is 0 Å². The first-order valence-corrected chi connectivity index (χ1v) is 13.7. The maximum absolute atomic E-state index is 5.20. The lowest BCUT2D eigenvalue weighted by atomic mass is 10.0. The van der Waals surface area contributed by atoms with Crippen molar-refractivity contribution in [1.29, 1.82) is 0 Å². The second-order valence-electron chi connectivity index (χ2n) is 7.12. The predicted molar refractivity (Wildman–Crippen MR) is 143 cm³/mol. The highest BCUT2D eigenvalue weighted by molar-refractivity contribution is 8.39. The van der Waals surface area contributed by atoms with Crippen molar-refractivity contribution in [2.24, 2.45) is 4.99 Å². The minimum Gasteiger partial charge on any atom is -0.372 e. The summed E-state index contributed by atoms with van der Waals surface area (Å²) >= 11 is 10.5. The second kappa shape index (κ2) is 10.3. The van der Waals surface area contributed by atoms with Crippen molar-refractivity contribution >= 4 is 72.7 Å². The zero-order chi connectivity index (χ0) is 20.9. The molecule has 0 radical (unpaired) electrons. The van der Waals surface area contributed by atoms with Crippen molar-refractivity contribution in [3.63, 3.8) is 0 Å². The summed E-state index contributed by atoms with van der Waals surface area (Å²) in [5, 5.41) is 5.38. The van der Waals surface area contributed by atoms with Crippen LogP contribution < -0.4 is 5.32 Å². The SMILES string of the molecule is CSC(=S)CCc1c[nH]c2ccccc12.CSC1=NCC2c3ccccc3NC2S1. The number of benzene rings is 2.